The molecule has 0 bridgehead atoms. The number of methoxy groups -OCH3 is 1. The van der Waals surface area contributed by atoms with Gasteiger partial charge in [0.25, 0.3) is 5.89 Å². The predicted octanol–water partition coefficient (Wildman–Crippen LogP) is 5.94. The second-order valence-electron chi connectivity index (χ2n) is 8.42. The molecule has 2 amide bonds. The van der Waals surface area contributed by atoms with Crippen molar-refractivity contribution in [1.82, 2.24) is 20.4 Å². The minimum absolute atomic E-state index is 0.156. The van der Waals surface area contributed by atoms with Crippen molar-refractivity contribution in [2.75, 3.05) is 13.7 Å². The van der Waals surface area contributed by atoms with E-state index >= 15 is 0 Å². The number of allylic oxidation sites excluding steroid dienone is 1. The summed E-state index contributed by atoms with van der Waals surface area (Å²) in [6, 6.07) is 14.2. The Hall–Kier alpha value is -3.32. The van der Waals surface area contributed by atoms with Gasteiger partial charge in [0.15, 0.2) is 0 Å². The van der Waals surface area contributed by atoms with Gasteiger partial charge in [-0.3, -0.25) is 4.90 Å². The quantitative estimate of drug-likeness (QED) is 0.466. The van der Waals surface area contributed by atoms with E-state index in [0.717, 1.165) is 34.6 Å². The summed E-state index contributed by atoms with van der Waals surface area (Å²) in [5.41, 5.74) is 3.19. The highest BCUT2D eigenvalue weighted by molar-refractivity contribution is 6.30. The standard InChI is InChI=1S/C25H27ClN4O3/c1-15(2)12-13-30-16(3)21(22(27-25(30)31)18-6-5-7-19(26)14-18)24-28-23(29-33-24)17-8-10-20(32-4)11-9-17/h5-11,14-15,22H,12-13H2,1-4H3,(H,27,31). The molecule has 0 saturated carbocycles. The monoisotopic (exact) mass is 466 g/mol. The zero-order chi connectivity index (χ0) is 23.5. The summed E-state index contributed by atoms with van der Waals surface area (Å²) >= 11 is 6.25. The van der Waals surface area contributed by atoms with E-state index in [1.54, 1.807) is 18.1 Å². The van der Waals surface area contributed by atoms with Crippen LogP contribution >= 0.6 is 11.6 Å². The number of rotatable bonds is 7. The molecule has 0 radical (unpaired) electrons. The molecule has 1 aliphatic heterocycles. The van der Waals surface area contributed by atoms with E-state index in [4.69, 9.17) is 20.9 Å². The maximum Gasteiger partial charge on any atom is 0.322 e. The predicted molar refractivity (Wildman–Crippen MR) is 128 cm³/mol. The van der Waals surface area contributed by atoms with E-state index in [1.165, 1.54) is 0 Å². The molecule has 2 aromatic carbocycles. The van der Waals surface area contributed by atoms with E-state index in [2.05, 4.69) is 29.3 Å². The average molecular weight is 467 g/mol. The van der Waals surface area contributed by atoms with Gasteiger partial charge in [0.1, 0.15) is 5.75 Å². The van der Waals surface area contributed by atoms with Crippen molar-refractivity contribution in [2.24, 2.45) is 5.92 Å². The van der Waals surface area contributed by atoms with Crippen LogP contribution < -0.4 is 10.1 Å². The van der Waals surface area contributed by atoms with Crippen LogP contribution in [0.25, 0.3) is 17.0 Å². The molecule has 1 unspecified atom stereocenters. The van der Waals surface area contributed by atoms with Crippen molar-refractivity contribution in [2.45, 2.75) is 33.2 Å². The molecular formula is C25H27ClN4O3. The Morgan fingerprint density at radius 1 is 1.21 bits per heavy atom. The van der Waals surface area contributed by atoms with Gasteiger partial charge in [0, 0.05) is 22.8 Å². The number of amides is 2. The zero-order valence-corrected chi connectivity index (χ0v) is 19.9. The number of carbonyl (C=O) groups is 1. The second-order valence-corrected chi connectivity index (χ2v) is 8.86. The summed E-state index contributed by atoms with van der Waals surface area (Å²) in [7, 11) is 1.62. The number of hydrogen-bond donors (Lipinski definition) is 1. The van der Waals surface area contributed by atoms with Crippen LogP contribution in [0.2, 0.25) is 5.02 Å². The van der Waals surface area contributed by atoms with Gasteiger partial charge in [0.05, 0.1) is 18.7 Å². The van der Waals surface area contributed by atoms with E-state index in [9.17, 15) is 4.79 Å². The van der Waals surface area contributed by atoms with Crippen molar-refractivity contribution < 1.29 is 14.1 Å². The smallest absolute Gasteiger partial charge is 0.322 e. The Morgan fingerprint density at radius 2 is 1.97 bits per heavy atom. The molecule has 2 heterocycles. The number of benzene rings is 2. The molecule has 1 aromatic heterocycles. The first-order valence-electron chi connectivity index (χ1n) is 10.9. The summed E-state index contributed by atoms with van der Waals surface area (Å²) < 4.78 is 10.9. The zero-order valence-electron chi connectivity index (χ0n) is 19.1. The first kappa shape index (κ1) is 22.9. The maximum atomic E-state index is 13.0. The van der Waals surface area contributed by atoms with Gasteiger partial charge in [-0.1, -0.05) is 42.7 Å². The fourth-order valence-electron chi connectivity index (χ4n) is 3.84. The summed E-state index contributed by atoms with van der Waals surface area (Å²) in [6.07, 6.45) is 0.876. The molecule has 1 atom stereocenters. The summed E-state index contributed by atoms with van der Waals surface area (Å²) in [4.78, 5) is 19.4. The summed E-state index contributed by atoms with van der Waals surface area (Å²) in [5, 5.41) is 7.89. The van der Waals surface area contributed by atoms with E-state index in [1.807, 2.05) is 49.4 Å². The van der Waals surface area contributed by atoms with Gasteiger partial charge >= 0.3 is 6.03 Å². The molecule has 33 heavy (non-hydrogen) atoms. The van der Waals surface area contributed by atoms with E-state index in [-0.39, 0.29) is 6.03 Å². The molecule has 4 rings (SSSR count). The number of carbonyl (C=O) groups excluding carboxylic acids is 1. The molecular weight excluding hydrogens is 440 g/mol. The van der Waals surface area contributed by atoms with Crippen molar-refractivity contribution in [3.05, 3.63) is 70.7 Å². The fourth-order valence-corrected chi connectivity index (χ4v) is 4.04. The van der Waals surface area contributed by atoms with Gasteiger partial charge in [-0.15, -0.1) is 0 Å². The van der Waals surface area contributed by atoms with Gasteiger partial charge in [0.2, 0.25) is 5.82 Å². The van der Waals surface area contributed by atoms with Crippen molar-refractivity contribution in [1.29, 1.82) is 0 Å². The highest BCUT2D eigenvalue weighted by Crippen LogP contribution is 2.38. The second kappa shape index (κ2) is 9.67. The van der Waals surface area contributed by atoms with Gasteiger partial charge in [-0.05, 0) is 61.2 Å². The number of nitrogens with zero attached hydrogens (tertiary/aromatic N) is 3. The Morgan fingerprint density at radius 3 is 2.64 bits per heavy atom. The molecule has 0 saturated heterocycles. The minimum Gasteiger partial charge on any atom is -0.497 e. The highest BCUT2D eigenvalue weighted by atomic mass is 35.5. The van der Waals surface area contributed by atoms with Crippen LogP contribution in [0, 0.1) is 5.92 Å². The fraction of sp³-hybridized carbons (Fsp3) is 0.320. The summed E-state index contributed by atoms with van der Waals surface area (Å²) in [5.74, 6) is 2.03. The Labute approximate surface area is 198 Å². The van der Waals surface area contributed by atoms with Crippen LogP contribution in [0.15, 0.2) is 58.8 Å². The summed E-state index contributed by atoms with van der Waals surface area (Å²) in [6.45, 7) is 6.79. The Bertz CT molecular complexity index is 1170. The molecule has 3 aromatic rings. The third kappa shape index (κ3) is 4.88. The number of urea groups is 1. The third-order valence-corrected chi connectivity index (χ3v) is 5.95. The topological polar surface area (TPSA) is 80.5 Å². The molecule has 8 heteroatoms. The molecule has 1 aliphatic rings. The molecule has 0 aliphatic carbocycles. The normalized spacial score (nSPS) is 16.4. The Kier molecular flexibility index (Phi) is 6.70. The lowest BCUT2D eigenvalue weighted by atomic mass is 9.94. The first-order chi connectivity index (χ1) is 15.9. The molecule has 1 N–H and O–H groups in total. The number of nitrogens with one attached hydrogen (secondary N) is 1. The van der Waals surface area contributed by atoms with E-state index < -0.39 is 6.04 Å². The Balaban J connectivity index is 1.77. The highest BCUT2D eigenvalue weighted by Gasteiger charge is 2.35. The van der Waals surface area contributed by atoms with Gasteiger partial charge in [-0.2, -0.15) is 4.98 Å². The van der Waals surface area contributed by atoms with Crippen LogP contribution in [0.3, 0.4) is 0 Å². The van der Waals surface area contributed by atoms with Crippen LogP contribution in [0.4, 0.5) is 4.79 Å². The lowest BCUT2D eigenvalue weighted by Crippen LogP contribution is -2.46. The number of ether oxygens (including phenoxy) is 1. The third-order valence-electron chi connectivity index (χ3n) is 5.71. The lowest BCUT2D eigenvalue weighted by molar-refractivity contribution is 0.202. The van der Waals surface area contributed by atoms with Crippen LogP contribution in [0.5, 0.6) is 5.75 Å². The van der Waals surface area contributed by atoms with Crippen molar-refractivity contribution in [3.8, 4) is 17.1 Å². The number of aromatic nitrogens is 2. The number of hydrogen-bond acceptors (Lipinski definition) is 5. The minimum atomic E-state index is -0.462. The average Bonchev–Trinajstić information content (AvgIpc) is 3.28. The lowest BCUT2D eigenvalue weighted by Gasteiger charge is -2.35. The van der Waals surface area contributed by atoms with Crippen LogP contribution in [-0.4, -0.2) is 34.7 Å². The van der Waals surface area contributed by atoms with Gasteiger partial charge < -0.3 is 14.6 Å². The molecule has 7 nitrogen and oxygen atoms in total. The first-order valence-corrected chi connectivity index (χ1v) is 11.3. The van der Waals surface area contributed by atoms with Crippen molar-refractivity contribution >= 4 is 23.2 Å². The molecule has 0 fully saturated rings. The largest absolute Gasteiger partial charge is 0.497 e. The van der Waals surface area contributed by atoms with Crippen LogP contribution in [0.1, 0.15) is 44.7 Å². The number of halogens is 1. The van der Waals surface area contributed by atoms with E-state index in [0.29, 0.717) is 29.2 Å². The van der Waals surface area contributed by atoms with Crippen LogP contribution in [-0.2, 0) is 0 Å². The van der Waals surface area contributed by atoms with Gasteiger partial charge in [-0.25, -0.2) is 4.79 Å². The maximum absolute atomic E-state index is 13.0. The molecule has 0 spiro atoms. The molecule has 172 valence electrons. The van der Waals surface area contributed by atoms with Crippen molar-refractivity contribution in [3.63, 3.8) is 0 Å². The SMILES string of the molecule is COc1ccc(-c2noc(C3=C(C)N(CCC(C)C)C(=O)NC3c3cccc(Cl)c3)n2)cc1.